The van der Waals surface area contributed by atoms with Crippen molar-refractivity contribution in [3.8, 4) is 0 Å². The molecule has 2 aromatic rings. The van der Waals surface area contributed by atoms with E-state index < -0.39 is 11.8 Å². The van der Waals surface area contributed by atoms with E-state index >= 15 is 0 Å². The highest BCUT2D eigenvalue weighted by Gasteiger charge is 2.18. The van der Waals surface area contributed by atoms with Gasteiger partial charge in [-0.2, -0.15) is 0 Å². The van der Waals surface area contributed by atoms with Crippen molar-refractivity contribution in [3.63, 3.8) is 0 Å². The van der Waals surface area contributed by atoms with Crippen LogP contribution in [-0.2, 0) is 9.59 Å². The lowest BCUT2D eigenvalue weighted by Crippen LogP contribution is -2.49. The average Bonchev–Trinajstić information content (AvgIpc) is 2.72. The van der Waals surface area contributed by atoms with Crippen LogP contribution in [0.4, 0.5) is 11.4 Å². The maximum atomic E-state index is 12.1. The molecule has 1 fully saturated rings. The third-order valence-corrected chi connectivity index (χ3v) is 5.59. The number of benzene rings is 2. The molecule has 7 heteroatoms. The first-order chi connectivity index (χ1) is 13.9. The fourth-order valence-corrected chi connectivity index (χ4v) is 3.48. The molecule has 0 saturated carbocycles. The molecule has 0 atom stereocenters. The molecule has 154 valence electrons. The van der Waals surface area contributed by atoms with E-state index in [2.05, 4.69) is 20.4 Å². The number of halogens is 1. The van der Waals surface area contributed by atoms with Crippen LogP contribution in [0.2, 0.25) is 5.02 Å². The van der Waals surface area contributed by atoms with Crippen LogP contribution in [0.25, 0.3) is 0 Å². The molecular formula is C22H27ClN4O2. The Labute approximate surface area is 176 Å². The molecule has 3 rings (SSSR count). The molecule has 2 aromatic carbocycles. The van der Waals surface area contributed by atoms with Gasteiger partial charge in [0.15, 0.2) is 0 Å². The predicted molar refractivity (Wildman–Crippen MR) is 118 cm³/mol. The smallest absolute Gasteiger partial charge is 0.313 e. The number of amides is 2. The minimum atomic E-state index is -0.633. The fourth-order valence-electron chi connectivity index (χ4n) is 3.36. The van der Waals surface area contributed by atoms with Gasteiger partial charge >= 0.3 is 11.8 Å². The van der Waals surface area contributed by atoms with Crippen LogP contribution in [0.1, 0.15) is 11.1 Å². The Balaban J connectivity index is 1.39. The summed E-state index contributed by atoms with van der Waals surface area (Å²) >= 11 is 5.95. The molecule has 0 bridgehead atoms. The zero-order valence-corrected chi connectivity index (χ0v) is 17.6. The summed E-state index contributed by atoms with van der Waals surface area (Å²) in [5, 5.41) is 6.14. The lowest BCUT2D eigenvalue weighted by molar-refractivity contribution is -0.136. The Hall–Kier alpha value is -2.57. The third-order valence-electron chi connectivity index (χ3n) is 5.34. The number of nitrogens with one attached hydrogen (secondary N) is 2. The van der Waals surface area contributed by atoms with Gasteiger partial charge in [0.2, 0.25) is 0 Å². The first kappa shape index (κ1) is 21.1. The van der Waals surface area contributed by atoms with Gasteiger partial charge in [-0.25, -0.2) is 0 Å². The number of anilines is 2. The topological polar surface area (TPSA) is 64.7 Å². The number of aryl methyl sites for hydroxylation is 1. The number of nitrogens with zero attached hydrogens (tertiary/aromatic N) is 2. The Bertz CT molecular complexity index is 862. The van der Waals surface area contributed by atoms with Crippen molar-refractivity contribution in [1.82, 2.24) is 10.2 Å². The number of hydrogen-bond acceptors (Lipinski definition) is 4. The fraction of sp³-hybridized carbons (Fsp3) is 0.364. The summed E-state index contributed by atoms with van der Waals surface area (Å²) in [4.78, 5) is 28.8. The molecule has 6 nitrogen and oxygen atoms in total. The molecule has 1 heterocycles. The van der Waals surface area contributed by atoms with Gasteiger partial charge in [-0.15, -0.1) is 0 Å². The second kappa shape index (κ2) is 9.76. The Morgan fingerprint density at radius 1 is 0.966 bits per heavy atom. The van der Waals surface area contributed by atoms with Crippen molar-refractivity contribution in [2.75, 3.05) is 49.5 Å². The Morgan fingerprint density at radius 2 is 1.66 bits per heavy atom. The molecule has 2 N–H and O–H groups in total. The van der Waals surface area contributed by atoms with Crippen LogP contribution in [0.3, 0.4) is 0 Å². The zero-order chi connectivity index (χ0) is 20.8. The molecule has 1 aliphatic rings. The number of hydrogen-bond donors (Lipinski definition) is 2. The molecular weight excluding hydrogens is 388 g/mol. The normalized spacial score (nSPS) is 14.5. The lowest BCUT2D eigenvalue weighted by atomic mass is 10.1. The summed E-state index contributed by atoms with van der Waals surface area (Å²) in [7, 11) is 0. The second-order valence-corrected chi connectivity index (χ2v) is 7.70. The summed E-state index contributed by atoms with van der Waals surface area (Å²) in [6.45, 7) is 8.72. The molecule has 2 amide bonds. The summed E-state index contributed by atoms with van der Waals surface area (Å²) in [6.07, 6.45) is 0. The largest absolute Gasteiger partial charge is 0.369 e. The Kier molecular flexibility index (Phi) is 7.12. The summed E-state index contributed by atoms with van der Waals surface area (Å²) < 4.78 is 0. The van der Waals surface area contributed by atoms with Gasteiger partial charge < -0.3 is 15.5 Å². The molecule has 29 heavy (non-hydrogen) atoms. The molecule has 0 aromatic heterocycles. The van der Waals surface area contributed by atoms with Gasteiger partial charge in [-0.05, 0) is 55.3 Å². The van der Waals surface area contributed by atoms with E-state index in [0.29, 0.717) is 12.2 Å². The van der Waals surface area contributed by atoms with Gasteiger partial charge in [0.05, 0.1) is 0 Å². The number of rotatable bonds is 5. The minimum Gasteiger partial charge on any atom is -0.369 e. The highest BCUT2D eigenvalue weighted by molar-refractivity contribution is 6.39. The van der Waals surface area contributed by atoms with Crippen LogP contribution in [0.15, 0.2) is 42.5 Å². The van der Waals surface area contributed by atoms with E-state index in [0.717, 1.165) is 48.9 Å². The number of piperazine rings is 1. The zero-order valence-electron chi connectivity index (χ0n) is 16.9. The number of carbonyl (C=O) groups excluding carboxylic acids is 2. The van der Waals surface area contributed by atoms with Crippen LogP contribution >= 0.6 is 11.6 Å². The summed E-state index contributed by atoms with van der Waals surface area (Å²) in [5.41, 5.74) is 3.88. The maximum absolute atomic E-state index is 12.1. The number of carbonyl (C=O) groups is 2. The predicted octanol–water partition coefficient (Wildman–Crippen LogP) is 2.83. The van der Waals surface area contributed by atoms with Crippen LogP contribution in [0, 0.1) is 13.8 Å². The lowest BCUT2D eigenvalue weighted by Gasteiger charge is -2.36. The van der Waals surface area contributed by atoms with Crippen molar-refractivity contribution in [2.24, 2.45) is 0 Å². The van der Waals surface area contributed by atoms with Gasteiger partial charge in [-0.3, -0.25) is 14.5 Å². The second-order valence-electron chi connectivity index (χ2n) is 7.26. The monoisotopic (exact) mass is 414 g/mol. The molecule has 0 unspecified atom stereocenters. The Morgan fingerprint density at radius 3 is 2.34 bits per heavy atom. The third kappa shape index (κ3) is 5.71. The van der Waals surface area contributed by atoms with Crippen molar-refractivity contribution >= 4 is 34.8 Å². The maximum Gasteiger partial charge on any atom is 0.313 e. The van der Waals surface area contributed by atoms with Crippen LogP contribution < -0.4 is 15.5 Å². The first-order valence-corrected chi connectivity index (χ1v) is 10.2. The van der Waals surface area contributed by atoms with Crippen LogP contribution in [0.5, 0.6) is 0 Å². The summed E-state index contributed by atoms with van der Waals surface area (Å²) in [5.74, 6) is -1.24. The van der Waals surface area contributed by atoms with Crippen molar-refractivity contribution in [3.05, 3.63) is 58.6 Å². The van der Waals surface area contributed by atoms with Crippen molar-refractivity contribution in [1.29, 1.82) is 0 Å². The van der Waals surface area contributed by atoms with Crippen molar-refractivity contribution < 1.29 is 9.59 Å². The van der Waals surface area contributed by atoms with Gasteiger partial charge in [0, 0.05) is 55.7 Å². The van der Waals surface area contributed by atoms with Crippen LogP contribution in [-0.4, -0.2) is 56.0 Å². The highest BCUT2D eigenvalue weighted by Crippen LogP contribution is 2.19. The molecule has 0 radical (unpaired) electrons. The van der Waals surface area contributed by atoms with E-state index in [9.17, 15) is 9.59 Å². The van der Waals surface area contributed by atoms with Gasteiger partial charge in [-0.1, -0.05) is 23.7 Å². The quantitative estimate of drug-likeness (QED) is 0.738. The van der Waals surface area contributed by atoms with E-state index in [1.54, 1.807) is 6.07 Å². The SMILES string of the molecule is Cc1cccc(NC(=O)C(=O)NCCN2CCN(c3ccc(Cl)cc3)CC2)c1C. The van der Waals surface area contributed by atoms with E-state index in [-0.39, 0.29) is 0 Å². The first-order valence-electron chi connectivity index (χ1n) is 9.82. The van der Waals surface area contributed by atoms with E-state index in [1.165, 1.54) is 5.69 Å². The van der Waals surface area contributed by atoms with Gasteiger partial charge in [0.1, 0.15) is 0 Å². The van der Waals surface area contributed by atoms with Crippen molar-refractivity contribution in [2.45, 2.75) is 13.8 Å². The molecule has 0 spiro atoms. The van der Waals surface area contributed by atoms with E-state index in [4.69, 9.17) is 11.6 Å². The van der Waals surface area contributed by atoms with E-state index in [1.807, 2.05) is 50.2 Å². The molecule has 1 saturated heterocycles. The molecule has 1 aliphatic heterocycles. The summed E-state index contributed by atoms with van der Waals surface area (Å²) in [6, 6.07) is 13.5. The standard InChI is InChI=1S/C22H27ClN4O2/c1-16-4-3-5-20(17(16)2)25-22(29)21(28)24-10-11-26-12-14-27(15-13-26)19-8-6-18(23)7-9-19/h3-9H,10-15H2,1-2H3,(H,24,28)(H,25,29). The average molecular weight is 415 g/mol. The van der Waals surface area contributed by atoms with Gasteiger partial charge in [0.25, 0.3) is 0 Å². The molecule has 0 aliphatic carbocycles. The minimum absolute atomic E-state index is 0.444. The highest BCUT2D eigenvalue weighted by atomic mass is 35.5.